The summed E-state index contributed by atoms with van der Waals surface area (Å²) in [6, 6.07) is 7.40. The van der Waals surface area contributed by atoms with Crippen molar-refractivity contribution >= 4 is 28.1 Å². The number of hydrogen-bond acceptors (Lipinski definition) is 4. The molecule has 5 heteroatoms. The molecule has 2 atom stereocenters. The van der Waals surface area contributed by atoms with Gasteiger partial charge in [0.05, 0.1) is 12.1 Å². The summed E-state index contributed by atoms with van der Waals surface area (Å²) < 4.78 is 5.86. The summed E-state index contributed by atoms with van der Waals surface area (Å²) in [5.41, 5.74) is 0.622. The van der Waals surface area contributed by atoms with Gasteiger partial charge in [0.15, 0.2) is 0 Å². The molecule has 0 saturated carbocycles. The third-order valence-corrected chi connectivity index (χ3v) is 3.97. The second kappa shape index (κ2) is 7.31. The van der Waals surface area contributed by atoms with Crippen molar-refractivity contribution in [2.24, 2.45) is 0 Å². The molecule has 0 fully saturated rings. The molecule has 24 heavy (non-hydrogen) atoms. The zero-order valence-electron chi connectivity index (χ0n) is 13.5. The monoisotopic (exact) mass is 338 g/mol. The lowest BCUT2D eigenvalue weighted by atomic mass is 10.1. The molecule has 122 valence electrons. The van der Waals surface area contributed by atoms with Gasteiger partial charge in [0.2, 0.25) is 0 Å². The van der Waals surface area contributed by atoms with Crippen LogP contribution < -0.4 is 10.1 Å². The van der Waals surface area contributed by atoms with E-state index < -0.39 is 11.6 Å². The number of nitrogens with one attached hydrogen (secondary N) is 1. The Labute approximate surface area is 147 Å². The van der Waals surface area contributed by atoms with Gasteiger partial charge in [-0.3, -0.25) is 4.98 Å². The number of aliphatic hydroxyl groups excluding tert-OH is 1. The van der Waals surface area contributed by atoms with Crippen molar-refractivity contribution in [3.63, 3.8) is 0 Å². The van der Waals surface area contributed by atoms with Crippen LogP contribution in [-0.2, 0) is 0 Å². The zero-order chi connectivity index (χ0) is 17.7. The smallest absolute Gasteiger partial charge is 0.146 e. The van der Waals surface area contributed by atoms with Gasteiger partial charge in [-0.15, -0.1) is 12.8 Å². The van der Waals surface area contributed by atoms with Crippen LogP contribution in [0.25, 0.3) is 10.9 Å². The largest absolute Gasteiger partial charge is 0.484 e. The van der Waals surface area contributed by atoms with E-state index >= 15 is 0 Å². The molecule has 0 aliphatic heterocycles. The van der Waals surface area contributed by atoms with Gasteiger partial charge in [-0.25, -0.2) is 0 Å². The molecule has 2 N–H and O–H groups in total. The molecule has 2 rings (SSSR count). The number of hydrogen-bond donors (Lipinski definition) is 2. The summed E-state index contributed by atoms with van der Waals surface area (Å²) in [6.45, 7) is 3.27. The number of terminal acetylenes is 2. The fourth-order valence-corrected chi connectivity index (χ4v) is 2.29. The first-order valence-corrected chi connectivity index (χ1v) is 7.75. The number of pyridine rings is 1. The summed E-state index contributed by atoms with van der Waals surface area (Å²) in [7, 11) is 0. The standard InChI is InChI=1S/C19H18N2O2S/c1-5-14-9-15-10-16(7-8-17(15)20-11-14)23-13(3)18(24)21-19(4,6-2)12-22/h1-2,7-11,13,22H,12H2,3-4H3,(H,21,24). The first-order chi connectivity index (χ1) is 11.4. The molecular formula is C19H18N2O2S. The van der Waals surface area contributed by atoms with Crippen molar-refractivity contribution in [2.75, 3.05) is 6.61 Å². The van der Waals surface area contributed by atoms with Crippen molar-refractivity contribution in [1.82, 2.24) is 10.3 Å². The number of thiocarbonyl (C=S) groups is 1. The summed E-state index contributed by atoms with van der Waals surface area (Å²) in [4.78, 5) is 4.71. The number of ether oxygens (including phenoxy) is 1. The molecule has 1 heterocycles. The first-order valence-electron chi connectivity index (χ1n) is 7.34. The van der Waals surface area contributed by atoms with Gasteiger partial charge in [-0.1, -0.05) is 24.1 Å². The van der Waals surface area contributed by atoms with Gasteiger partial charge in [0, 0.05) is 17.1 Å². The summed E-state index contributed by atoms with van der Waals surface area (Å²) >= 11 is 5.31. The van der Waals surface area contributed by atoms with E-state index in [1.807, 2.05) is 31.2 Å². The van der Waals surface area contributed by atoms with E-state index in [0.717, 1.165) is 10.9 Å². The average molecular weight is 338 g/mol. The van der Waals surface area contributed by atoms with E-state index in [1.54, 1.807) is 13.1 Å². The van der Waals surface area contributed by atoms with Crippen LogP contribution in [-0.4, -0.2) is 33.3 Å². The highest BCUT2D eigenvalue weighted by molar-refractivity contribution is 7.80. The molecule has 0 bridgehead atoms. The molecular weight excluding hydrogens is 320 g/mol. The fraction of sp³-hybridized carbons (Fsp3) is 0.263. The van der Waals surface area contributed by atoms with Gasteiger partial charge in [-0.2, -0.15) is 0 Å². The molecule has 0 amide bonds. The lowest BCUT2D eigenvalue weighted by Gasteiger charge is -2.27. The average Bonchev–Trinajstić information content (AvgIpc) is 2.60. The van der Waals surface area contributed by atoms with Crippen LogP contribution in [0.2, 0.25) is 0 Å². The maximum absolute atomic E-state index is 9.34. The molecule has 0 aliphatic carbocycles. The molecule has 2 unspecified atom stereocenters. The Morgan fingerprint density at radius 1 is 1.46 bits per heavy atom. The third-order valence-electron chi connectivity index (χ3n) is 3.54. The molecule has 4 nitrogen and oxygen atoms in total. The van der Waals surface area contributed by atoms with Crippen molar-refractivity contribution in [2.45, 2.75) is 25.5 Å². The molecule has 0 saturated heterocycles. The lowest BCUT2D eigenvalue weighted by Crippen LogP contribution is -2.51. The maximum atomic E-state index is 9.34. The van der Waals surface area contributed by atoms with Crippen LogP contribution in [0.1, 0.15) is 19.4 Å². The van der Waals surface area contributed by atoms with Crippen molar-refractivity contribution in [1.29, 1.82) is 0 Å². The number of fused-ring (bicyclic) bond motifs is 1. The van der Waals surface area contributed by atoms with Gasteiger partial charge >= 0.3 is 0 Å². The highest BCUT2D eigenvalue weighted by atomic mass is 32.1. The molecule has 1 aromatic carbocycles. The van der Waals surface area contributed by atoms with E-state index in [2.05, 4.69) is 22.1 Å². The fourth-order valence-electron chi connectivity index (χ4n) is 2.01. The number of aromatic nitrogens is 1. The van der Waals surface area contributed by atoms with Crippen molar-refractivity contribution in [3.8, 4) is 30.4 Å². The molecule has 0 spiro atoms. The zero-order valence-corrected chi connectivity index (χ0v) is 14.4. The molecule has 2 aromatic rings. The Kier molecular flexibility index (Phi) is 5.41. The van der Waals surface area contributed by atoms with Crippen LogP contribution in [0.4, 0.5) is 0 Å². The number of nitrogens with zero attached hydrogens (tertiary/aromatic N) is 1. The second-order valence-electron chi connectivity index (χ2n) is 5.61. The highest BCUT2D eigenvalue weighted by Crippen LogP contribution is 2.21. The van der Waals surface area contributed by atoms with E-state index in [1.165, 1.54) is 0 Å². The van der Waals surface area contributed by atoms with Crippen molar-refractivity contribution < 1.29 is 9.84 Å². The van der Waals surface area contributed by atoms with Gasteiger partial charge < -0.3 is 15.2 Å². The Hall–Kier alpha value is -2.60. The van der Waals surface area contributed by atoms with E-state index in [4.69, 9.17) is 29.8 Å². The molecule has 0 aliphatic rings. The van der Waals surface area contributed by atoms with Crippen LogP contribution in [0.3, 0.4) is 0 Å². The van der Waals surface area contributed by atoms with Crippen LogP contribution >= 0.6 is 12.2 Å². The minimum Gasteiger partial charge on any atom is -0.484 e. The van der Waals surface area contributed by atoms with Crippen molar-refractivity contribution in [3.05, 3.63) is 36.0 Å². The number of aliphatic hydroxyl groups is 1. The highest BCUT2D eigenvalue weighted by Gasteiger charge is 2.23. The van der Waals surface area contributed by atoms with Crippen LogP contribution in [0, 0.1) is 24.7 Å². The Balaban J connectivity index is 2.15. The normalized spacial score (nSPS) is 14.0. The Morgan fingerprint density at radius 3 is 2.83 bits per heavy atom. The Bertz CT molecular complexity index is 851. The van der Waals surface area contributed by atoms with Gasteiger partial charge in [-0.05, 0) is 38.1 Å². The maximum Gasteiger partial charge on any atom is 0.146 e. The Morgan fingerprint density at radius 2 is 2.21 bits per heavy atom. The first kappa shape index (κ1) is 17.7. The van der Waals surface area contributed by atoms with Gasteiger partial charge in [0.25, 0.3) is 0 Å². The lowest BCUT2D eigenvalue weighted by molar-refractivity contribution is 0.224. The predicted molar refractivity (Wildman–Crippen MR) is 99.8 cm³/mol. The molecule has 1 aromatic heterocycles. The third kappa shape index (κ3) is 4.02. The minimum absolute atomic E-state index is 0.229. The van der Waals surface area contributed by atoms with E-state index in [9.17, 15) is 5.11 Å². The minimum atomic E-state index is -0.913. The second-order valence-corrected chi connectivity index (χ2v) is 6.05. The van der Waals surface area contributed by atoms with Gasteiger partial charge in [0.1, 0.15) is 22.4 Å². The topological polar surface area (TPSA) is 54.4 Å². The van der Waals surface area contributed by atoms with E-state index in [-0.39, 0.29) is 6.61 Å². The van der Waals surface area contributed by atoms with Crippen LogP contribution in [0.15, 0.2) is 30.5 Å². The van der Waals surface area contributed by atoms with E-state index in [0.29, 0.717) is 16.3 Å². The van der Waals surface area contributed by atoms with Crippen LogP contribution in [0.5, 0.6) is 5.75 Å². The number of benzene rings is 1. The SMILES string of the molecule is C#Cc1cnc2ccc(OC(C)C(=S)NC(C)(C#C)CO)cc2c1. The number of rotatable bonds is 5. The summed E-state index contributed by atoms with van der Waals surface area (Å²) in [5, 5.41) is 13.2. The molecule has 0 radical (unpaired) electrons. The predicted octanol–water partition coefficient (Wildman–Crippen LogP) is 2.28. The summed E-state index contributed by atoms with van der Waals surface area (Å²) in [5.74, 6) is 5.68. The quantitative estimate of drug-likeness (QED) is 0.647. The summed E-state index contributed by atoms with van der Waals surface area (Å²) in [6.07, 6.45) is 12.0.